The van der Waals surface area contributed by atoms with Gasteiger partial charge in [-0.15, -0.1) is 0 Å². The second-order valence-electron chi connectivity index (χ2n) is 6.44. The van der Waals surface area contributed by atoms with Crippen molar-refractivity contribution in [2.24, 2.45) is 16.5 Å². The summed E-state index contributed by atoms with van der Waals surface area (Å²) in [7, 11) is 0. The molecule has 2 aromatic rings. The first-order valence-corrected chi connectivity index (χ1v) is 9.43. The zero-order valence-corrected chi connectivity index (χ0v) is 16.6. The summed E-state index contributed by atoms with van der Waals surface area (Å²) in [6.07, 6.45) is 3.12. The summed E-state index contributed by atoms with van der Waals surface area (Å²) in [5.74, 6) is -0.353. The topological polar surface area (TPSA) is 140 Å². The van der Waals surface area contributed by atoms with Crippen molar-refractivity contribution in [2.75, 3.05) is 6.54 Å². The maximum atomic E-state index is 11.5. The van der Waals surface area contributed by atoms with E-state index in [-0.39, 0.29) is 11.9 Å². The van der Waals surface area contributed by atoms with Crippen LogP contribution in [0.25, 0.3) is 0 Å². The molecule has 1 heterocycles. The van der Waals surface area contributed by atoms with Crippen LogP contribution in [0.4, 0.5) is 0 Å². The fourth-order valence-electron chi connectivity index (χ4n) is 2.64. The summed E-state index contributed by atoms with van der Waals surface area (Å²) in [5.41, 5.74) is 12.2. The Bertz CT molecular complexity index is 818. The fourth-order valence-corrected chi connectivity index (χ4v) is 2.95. The summed E-state index contributed by atoms with van der Waals surface area (Å²) in [4.78, 5) is 19.8. The minimum absolute atomic E-state index is 0.0133. The Labute approximate surface area is 171 Å². The number of rotatable bonds is 11. The predicted molar refractivity (Wildman–Crippen MR) is 104 cm³/mol. The number of nitrogens with one attached hydrogen (secondary N) is 1. The summed E-state index contributed by atoms with van der Waals surface area (Å²) in [6, 6.07) is 9.23. The van der Waals surface area contributed by atoms with Crippen molar-refractivity contribution in [1.29, 1.82) is 0 Å². The van der Waals surface area contributed by atoms with Crippen molar-refractivity contribution in [3.63, 3.8) is 0 Å². The van der Waals surface area contributed by atoms with Crippen LogP contribution in [0.2, 0.25) is 0 Å². The number of aromatic nitrogens is 1. The second-order valence-corrected chi connectivity index (χ2v) is 6.96. The molecular formula is C19H25CoN5O3. The number of aliphatic imine (C=N–C) groups is 1. The quantitative estimate of drug-likeness (QED) is 0.238. The molecule has 6 N–H and O–H groups in total. The Morgan fingerprint density at radius 2 is 2.07 bits per heavy atom. The Morgan fingerprint density at radius 3 is 2.71 bits per heavy atom. The van der Waals surface area contributed by atoms with E-state index in [1.165, 1.54) is 11.8 Å². The van der Waals surface area contributed by atoms with E-state index >= 15 is 0 Å². The predicted octanol–water partition coefficient (Wildman–Crippen LogP) is 1.14. The number of hydrogen-bond acceptors (Lipinski definition) is 5. The molecule has 1 aromatic carbocycles. The van der Waals surface area contributed by atoms with Crippen LogP contribution in [0, 0.1) is 0 Å². The molecule has 153 valence electrons. The first kappa shape index (κ1) is 21.8. The van der Waals surface area contributed by atoms with E-state index in [1.807, 2.05) is 25.1 Å². The van der Waals surface area contributed by atoms with Crippen molar-refractivity contribution in [3.05, 3.63) is 53.7 Å². The fraction of sp³-hybridized carbons (Fsp3) is 0.368. The molecule has 0 aliphatic carbocycles. The third kappa shape index (κ3) is 6.91. The monoisotopic (exact) mass is 430 g/mol. The molecule has 2 unspecified atom stereocenters. The van der Waals surface area contributed by atoms with E-state index in [4.69, 9.17) is 15.9 Å². The maximum absolute atomic E-state index is 11.5. The Morgan fingerprint density at radius 1 is 1.36 bits per heavy atom. The van der Waals surface area contributed by atoms with Crippen LogP contribution in [-0.2, 0) is 26.5 Å². The van der Waals surface area contributed by atoms with Gasteiger partial charge in [-0.25, -0.2) is 0 Å². The third-order valence-electron chi connectivity index (χ3n) is 4.08. The third-order valence-corrected chi connectivity index (χ3v) is 4.50. The Kier molecular flexibility index (Phi) is 8.36. The number of carbonyl (C=O) groups is 1. The van der Waals surface area contributed by atoms with Crippen molar-refractivity contribution < 1.29 is 29.6 Å². The first-order chi connectivity index (χ1) is 13.4. The number of oxazole rings is 1. The molecule has 0 fully saturated rings. The number of hydrogen-bond donors (Lipinski definition) is 4. The van der Waals surface area contributed by atoms with Gasteiger partial charge in [-0.05, 0) is 0 Å². The molecule has 28 heavy (non-hydrogen) atoms. The molecule has 0 saturated carbocycles. The van der Waals surface area contributed by atoms with Gasteiger partial charge in [0.2, 0.25) is 0 Å². The molecule has 2 rings (SSSR count). The zero-order chi connectivity index (χ0) is 20.5. The summed E-state index contributed by atoms with van der Waals surface area (Å²) < 4.78 is 5.91. The SMILES string of the molecule is CC(Cc1ccccc1)c1nc([C](=[Co])NC(CCCN=C(N)N)C(=O)O)co1. The van der Waals surface area contributed by atoms with Gasteiger partial charge < -0.3 is 0 Å². The van der Waals surface area contributed by atoms with E-state index in [0.29, 0.717) is 35.5 Å². The van der Waals surface area contributed by atoms with Crippen LogP contribution >= 0.6 is 0 Å². The van der Waals surface area contributed by atoms with Crippen molar-refractivity contribution >= 4 is 16.5 Å². The van der Waals surface area contributed by atoms with Crippen molar-refractivity contribution in [1.82, 2.24) is 10.3 Å². The summed E-state index contributed by atoms with van der Waals surface area (Å²) in [5, 5.41) is 12.3. The van der Waals surface area contributed by atoms with E-state index in [9.17, 15) is 9.90 Å². The second kappa shape index (κ2) is 10.7. The molecular weight excluding hydrogens is 405 g/mol. The normalized spacial score (nSPS) is 12.9. The van der Waals surface area contributed by atoms with Crippen LogP contribution in [0.15, 0.2) is 46.0 Å². The molecule has 2 atom stereocenters. The van der Waals surface area contributed by atoms with Crippen molar-refractivity contribution in [3.8, 4) is 0 Å². The van der Waals surface area contributed by atoms with Gasteiger partial charge in [-0.2, -0.15) is 0 Å². The van der Waals surface area contributed by atoms with Crippen LogP contribution in [0.3, 0.4) is 0 Å². The Balaban J connectivity index is 1.94. The summed E-state index contributed by atoms with van der Waals surface area (Å²) >= 11 is 4.42. The molecule has 9 heteroatoms. The van der Waals surface area contributed by atoms with Crippen LogP contribution in [-0.4, -0.2) is 39.2 Å². The van der Waals surface area contributed by atoms with E-state index in [0.717, 1.165) is 6.42 Å². The molecule has 0 aliphatic heterocycles. The van der Waals surface area contributed by atoms with Gasteiger partial charge in [0.1, 0.15) is 0 Å². The Hall–Kier alpha value is -2.49. The number of guanidine groups is 1. The average Bonchev–Trinajstić information content (AvgIpc) is 3.15. The van der Waals surface area contributed by atoms with Gasteiger partial charge >= 0.3 is 171 Å². The van der Waals surface area contributed by atoms with Crippen LogP contribution in [0.5, 0.6) is 0 Å². The number of carboxylic acid groups (broad SMARTS) is 1. The number of carboxylic acids is 1. The number of benzene rings is 1. The van der Waals surface area contributed by atoms with Crippen LogP contribution in [0.1, 0.15) is 42.8 Å². The van der Waals surface area contributed by atoms with Gasteiger partial charge in [-0.1, -0.05) is 0 Å². The number of nitrogens with zero attached hydrogens (tertiary/aromatic N) is 2. The van der Waals surface area contributed by atoms with Crippen molar-refractivity contribution in [2.45, 2.75) is 38.1 Å². The average molecular weight is 430 g/mol. The van der Waals surface area contributed by atoms with Gasteiger partial charge in [0.15, 0.2) is 0 Å². The van der Waals surface area contributed by atoms with E-state index in [1.54, 1.807) is 0 Å². The minimum atomic E-state index is -0.990. The van der Waals surface area contributed by atoms with E-state index in [2.05, 4.69) is 42.7 Å². The number of aliphatic carboxylic acids is 1. The summed E-state index contributed by atoms with van der Waals surface area (Å²) in [6.45, 7) is 2.39. The van der Waals surface area contributed by atoms with E-state index < -0.39 is 12.0 Å². The van der Waals surface area contributed by atoms with Gasteiger partial charge in [0.05, 0.1) is 0 Å². The molecule has 0 bridgehead atoms. The standard InChI is InChI=1S/C19H25N5O3.Co/c1-13(10-14-6-3-2-4-7-14)17-24-15(12-27-17)11-23-16(18(25)26)8-5-9-22-19(20)21;/h2-4,6-7,12-13,16,23H,5,8-10H2,1H3,(H,25,26)(H4,20,21,22);. The molecule has 0 amide bonds. The zero-order valence-electron chi connectivity index (χ0n) is 15.6. The molecule has 1 aromatic heterocycles. The molecule has 0 spiro atoms. The van der Waals surface area contributed by atoms with Gasteiger partial charge in [-0.3, -0.25) is 0 Å². The molecule has 0 aliphatic rings. The van der Waals surface area contributed by atoms with Crippen LogP contribution < -0.4 is 16.8 Å². The van der Waals surface area contributed by atoms with Gasteiger partial charge in [0.25, 0.3) is 0 Å². The first-order valence-electron chi connectivity index (χ1n) is 8.91. The van der Waals surface area contributed by atoms with Gasteiger partial charge in [0, 0.05) is 0 Å². The molecule has 8 nitrogen and oxygen atoms in total. The molecule has 0 saturated heterocycles. The number of nitrogens with two attached hydrogens (primary N) is 2. The molecule has 0 radical (unpaired) electrons.